The minimum absolute atomic E-state index is 0.162. The molecule has 17 heavy (non-hydrogen) atoms. The number of hydrogen-bond donors (Lipinski definition) is 0. The number of alkyl halides is 2. The van der Waals surface area contributed by atoms with E-state index in [2.05, 4.69) is 0 Å². The first-order chi connectivity index (χ1) is 7.57. The monoisotopic (exact) mass is 247 g/mol. The summed E-state index contributed by atoms with van der Waals surface area (Å²) in [6, 6.07) is 0. The molecule has 1 aliphatic rings. The van der Waals surface area contributed by atoms with E-state index in [0.29, 0.717) is 12.3 Å². The van der Waals surface area contributed by atoms with Gasteiger partial charge in [0.05, 0.1) is 6.54 Å². The molecule has 1 rings (SSSR count). The molecule has 1 atom stereocenters. The van der Waals surface area contributed by atoms with Crippen molar-refractivity contribution < 1.29 is 13.6 Å². The lowest BCUT2D eigenvalue weighted by Crippen LogP contribution is -2.47. The van der Waals surface area contributed by atoms with Crippen LogP contribution in [0.4, 0.5) is 8.78 Å². The van der Waals surface area contributed by atoms with Crippen LogP contribution in [0.25, 0.3) is 0 Å². The summed E-state index contributed by atoms with van der Waals surface area (Å²) in [5, 5.41) is 0. The van der Waals surface area contributed by atoms with Crippen LogP contribution in [0.3, 0.4) is 0 Å². The van der Waals surface area contributed by atoms with Gasteiger partial charge in [-0.1, -0.05) is 27.7 Å². The molecule has 0 N–H and O–H groups in total. The van der Waals surface area contributed by atoms with Crippen molar-refractivity contribution in [2.75, 3.05) is 6.54 Å². The zero-order chi connectivity index (χ0) is 13.4. The number of nitrogens with zero attached hydrogens (tertiary/aromatic N) is 1. The SMILES string of the molecule is CC(C)CC1(C)CC(F)(F)CN1C(=O)C(C)C. The van der Waals surface area contributed by atoms with E-state index >= 15 is 0 Å². The summed E-state index contributed by atoms with van der Waals surface area (Å²) >= 11 is 0. The van der Waals surface area contributed by atoms with Crippen molar-refractivity contribution >= 4 is 5.91 Å². The fourth-order valence-electron chi connectivity index (χ4n) is 2.85. The van der Waals surface area contributed by atoms with Gasteiger partial charge < -0.3 is 4.90 Å². The fraction of sp³-hybridized carbons (Fsp3) is 0.923. The van der Waals surface area contributed by atoms with Crippen LogP contribution in [0.5, 0.6) is 0 Å². The van der Waals surface area contributed by atoms with Gasteiger partial charge in [0.25, 0.3) is 5.92 Å². The van der Waals surface area contributed by atoms with E-state index in [1.807, 2.05) is 13.8 Å². The predicted molar refractivity (Wildman–Crippen MR) is 64.0 cm³/mol. The molecule has 1 saturated heterocycles. The maximum absolute atomic E-state index is 13.6. The maximum atomic E-state index is 13.6. The number of rotatable bonds is 3. The highest BCUT2D eigenvalue weighted by Gasteiger charge is 2.54. The molecule has 1 amide bonds. The van der Waals surface area contributed by atoms with Gasteiger partial charge in [0, 0.05) is 17.9 Å². The van der Waals surface area contributed by atoms with Crippen molar-refractivity contribution in [1.29, 1.82) is 0 Å². The summed E-state index contributed by atoms with van der Waals surface area (Å²) in [4.78, 5) is 13.4. The normalized spacial score (nSPS) is 28.2. The zero-order valence-corrected chi connectivity index (χ0v) is 11.4. The molecule has 1 unspecified atom stereocenters. The second-order valence-electron chi connectivity index (χ2n) is 6.21. The van der Waals surface area contributed by atoms with Crippen molar-refractivity contribution in [1.82, 2.24) is 4.90 Å². The number of likely N-dealkylation sites (tertiary alicyclic amines) is 1. The van der Waals surface area contributed by atoms with E-state index in [0.717, 1.165) is 0 Å². The number of carbonyl (C=O) groups excluding carboxylic acids is 1. The van der Waals surface area contributed by atoms with E-state index < -0.39 is 18.0 Å². The van der Waals surface area contributed by atoms with Crippen LogP contribution in [0, 0.1) is 11.8 Å². The largest absolute Gasteiger partial charge is 0.331 e. The van der Waals surface area contributed by atoms with Crippen molar-refractivity contribution in [2.45, 2.75) is 58.9 Å². The third-order valence-electron chi connectivity index (χ3n) is 3.29. The van der Waals surface area contributed by atoms with Crippen LogP contribution in [0.15, 0.2) is 0 Å². The minimum atomic E-state index is -2.74. The standard InChI is InChI=1S/C13H23F2NO/c1-9(2)6-12(5)7-13(14,15)8-16(12)11(17)10(3)4/h9-10H,6-8H2,1-5H3. The third-order valence-corrected chi connectivity index (χ3v) is 3.29. The van der Waals surface area contributed by atoms with Crippen LogP contribution >= 0.6 is 0 Å². The van der Waals surface area contributed by atoms with Gasteiger partial charge in [-0.2, -0.15) is 0 Å². The summed E-state index contributed by atoms with van der Waals surface area (Å²) in [6.45, 7) is 8.88. The minimum Gasteiger partial charge on any atom is -0.331 e. The van der Waals surface area contributed by atoms with Crippen LogP contribution in [-0.2, 0) is 4.79 Å². The highest BCUT2D eigenvalue weighted by Crippen LogP contribution is 2.43. The molecule has 4 heteroatoms. The molecule has 0 aliphatic carbocycles. The smallest absolute Gasteiger partial charge is 0.267 e. The molecule has 0 spiro atoms. The van der Waals surface area contributed by atoms with Crippen LogP contribution in [0.2, 0.25) is 0 Å². The Morgan fingerprint density at radius 2 is 1.82 bits per heavy atom. The van der Waals surface area contributed by atoms with Gasteiger partial charge in [-0.3, -0.25) is 4.79 Å². The molecule has 0 aromatic carbocycles. The van der Waals surface area contributed by atoms with Gasteiger partial charge in [-0.15, -0.1) is 0 Å². The van der Waals surface area contributed by atoms with E-state index in [9.17, 15) is 13.6 Å². The summed E-state index contributed by atoms with van der Waals surface area (Å²) in [6.07, 6.45) is 0.414. The van der Waals surface area contributed by atoms with E-state index in [-0.39, 0.29) is 18.2 Å². The Labute approximate surface area is 102 Å². The second kappa shape index (κ2) is 4.54. The van der Waals surface area contributed by atoms with Crippen molar-refractivity contribution in [2.24, 2.45) is 11.8 Å². The predicted octanol–water partition coefficient (Wildman–Crippen LogP) is 3.31. The summed E-state index contributed by atoms with van der Waals surface area (Å²) < 4.78 is 27.1. The first-order valence-corrected chi connectivity index (χ1v) is 6.27. The van der Waals surface area contributed by atoms with E-state index in [1.165, 1.54) is 4.90 Å². The molecule has 100 valence electrons. The third kappa shape index (κ3) is 3.17. The number of halogens is 2. The Kier molecular flexibility index (Phi) is 3.84. The zero-order valence-electron chi connectivity index (χ0n) is 11.4. The van der Waals surface area contributed by atoms with Gasteiger partial charge in [-0.25, -0.2) is 8.78 Å². The molecular weight excluding hydrogens is 224 g/mol. The lowest BCUT2D eigenvalue weighted by molar-refractivity contribution is -0.139. The van der Waals surface area contributed by atoms with E-state index in [4.69, 9.17) is 0 Å². The Morgan fingerprint density at radius 1 is 1.29 bits per heavy atom. The molecule has 0 bridgehead atoms. The lowest BCUT2D eigenvalue weighted by Gasteiger charge is -2.37. The molecule has 0 radical (unpaired) electrons. The molecule has 1 fully saturated rings. The van der Waals surface area contributed by atoms with Crippen molar-refractivity contribution in [3.05, 3.63) is 0 Å². The van der Waals surface area contributed by atoms with Crippen LogP contribution in [0.1, 0.15) is 47.5 Å². The quantitative estimate of drug-likeness (QED) is 0.749. The highest BCUT2D eigenvalue weighted by molar-refractivity contribution is 5.79. The molecular formula is C13H23F2NO. The summed E-state index contributed by atoms with van der Waals surface area (Å²) in [5.74, 6) is -2.83. The highest BCUT2D eigenvalue weighted by atomic mass is 19.3. The molecule has 0 aromatic heterocycles. The summed E-state index contributed by atoms with van der Waals surface area (Å²) in [5.41, 5.74) is -0.695. The average molecular weight is 247 g/mol. The first kappa shape index (κ1) is 14.4. The van der Waals surface area contributed by atoms with Gasteiger partial charge in [-0.05, 0) is 19.3 Å². The van der Waals surface area contributed by atoms with Crippen molar-refractivity contribution in [3.63, 3.8) is 0 Å². The lowest BCUT2D eigenvalue weighted by atomic mass is 9.87. The number of hydrogen-bond acceptors (Lipinski definition) is 1. The molecule has 0 saturated carbocycles. The fourth-order valence-corrected chi connectivity index (χ4v) is 2.85. The van der Waals surface area contributed by atoms with Gasteiger partial charge >= 0.3 is 0 Å². The summed E-state index contributed by atoms with van der Waals surface area (Å²) in [7, 11) is 0. The Hall–Kier alpha value is -0.670. The van der Waals surface area contributed by atoms with E-state index in [1.54, 1.807) is 20.8 Å². The average Bonchev–Trinajstić information content (AvgIpc) is 2.32. The first-order valence-electron chi connectivity index (χ1n) is 6.27. The van der Waals surface area contributed by atoms with Crippen LogP contribution in [-0.4, -0.2) is 28.8 Å². The Balaban J connectivity index is 2.96. The molecule has 1 aliphatic heterocycles. The van der Waals surface area contributed by atoms with Crippen molar-refractivity contribution in [3.8, 4) is 0 Å². The molecule has 0 aromatic rings. The Bertz CT molecular complexity index is 302. The topological polar surface area (TPSA) is 20.3 Å². The maximum Gasteiger partial charge on any atom is 0.267 e. The van der Waals surface area contributed by atoms with Crippen LogP contribution < -0.4 is 0 Å². The van der Waals surface area contributed by atoms with Gasteiger partial charge in [0.15, 0.2) is 0 Å². The molecule has 2 nitrogen and oxygen atoms in total. The van der Waals surface area contributed by atoms with Gasteiger partial charge in [0.2, 0.25) is 5.91 Å². The van der Waals surface area contributed by atoms with Gasteiger partial charge in [0.1, 0.15) is 0 Å². The second-order valence-corrected chi connectivity index (χ2v) is 6.21. The molecule has 1 heterocycles. The number of amides is 1. The number of carbonyl (C=O) groups is 1. The Morgan fingerprint density at radius 3 is 2.24 bits per heavy atom.